The van der Waals surface area contributed by atoms with Crippen LogP contribution < -0.4 is 10.6 Å². The van der Waals surface area contributed by atoms with Gasteiger partial charge >= 0.3 is 0 Å². The second kappa shape index (κ2) is 4.62. The van der Waals surface area contributed by atoms with Crippen molar-refractivity contribution >= 4 is 5.82 Å². The van der Waals surface area contributed by atoms with Crippen LogP contribution in [-0.2, 0) is 0 Å². The molecule has 0 saturated carbocycles. The van der Waals surface area contributed by atoms with Gasteiger partial charge in [0.05, 0.1) is 0 Å². The quantitative estimate of drug-likeness (QED) is 0.791. The Morgan fingerprint density at radius 1 is 1.53 bits per heavy atom. The molecule has 1 aliphatic heterocycles. The minimum Gasteiger partial charge on any atom is -0.369 e. The zero-order valence-corrected chi connectivity index (χ0v) is 9.29. The van der Waals surface area contributed by atoms with Crippen molar-refractivity contribution in [3.05, 3.63) is 24.4 Å². The van der Waals surface area contributed by atoms with Crippen LogP contribution in [-0.4, -0.2) is 24.6 Å². The SMILES string of the molecule is CC1(CNc2ccccn2)CCCNC1. The first-order valence-corrected chi connectivity index (χ1v) is 5.64. The normalized spacial score (nSPS) is 26.2. The van der Waals surface area contributed by atoms with Crippen molar-refractivity contribution in [1.29, 1.82) is 0 Å². The van der Waals surface area contributed by atoms with Gasteiger partial charge in [0.15, 0.2) is 0 Å². The van der Waals surface area contributed by atoms with Gasteiger partial charge in [0, 0.05) is 19.3 Å². The molecule has 3 nitrogen and oxygen atoms in total. The Hall–Kier alpha value is -1.09. The summed E-state index contributed by atoms with van der Waals surface area (Å²) in [5.41, 5.74) is 0.371. The summed E-state index contributed by atoms with van der Waals surface area (Å²) in [5, 5.41) is 6.85. The number of piperidine rings is 1. The van der Waals surface area contributed by atoms with E-state index in [4.69, 9.17) is 0 Å². The van der Waals surface area contributed by atoms with E-state index in [-0.39, 0.29) is 0 Å². The molecule has 0 amide bonds. The molecule has 2 heterocycles. The van der Waals surface area contributed by atoms with Crippen molar-refractivity contribution in [2.75, 3.05) is 25.0 Å². The molecule has 2 N–H and O–H groups in total. The van der Waals surface area contributed by atoms with Crippen LogP contribution in [0.15, 0.2) is 24.4 Å². The lowest BCUT2D eigenvalue weighted by molar-refractivity contribution is 0.253. The van der Waals surface area contributed by atoms with Crippen molar-refractivity contribution in [1.82, 2.24) is 10.3 Å². The molecule has 15 heavy (non-hydrogen) atoms. The van der Waals surface area contributed by atoms with Crippen LogP contribution in [0.3, 0.4) is 0 Å². The smallest absolute Gasteiger partial charge is 0.125 e. The predicted molar refractivity (Wildman–Crippen MR) is 62.9 cm³/mol. The second-order valence-corrected chi connectivity index (χ2v) is 4.66. The molecule has 0 aliphatic carbocycles. The van der Waals surface area contributed by atoms with E-state index in [1.807, 2.05) is 24.4 Å². The van der Waals surface area contributed by atoms with Gasteiger partial charge in [-0.05, 0) is 36.9 Å². The minimum absolute atomic E-state index is 0.371. The van der Waals surface area contributed by atoms with Gasteiger partial charge in [0.2, 0.25) is 0 Å². The highest BCUT2D eigenvalue weighted by Gasteiger charge is 2.26. The van der Waals surface area contributed by atoms with Crippen molar-refractivity contribution in [3.8, 4) is 0 Å². The Labute approximate surface area is 91.3 Å². The summed E-state index contributed by atoms with van der Waals surface area (Å²) in [6.45, 7) is 5.60. The van der Waals surface area contributed by atoms with Gasteiger partial charge in [-0.25, -0.2) is 4.98 Å². The van der Waals surface area contributed by atoms with E-state index in [0.29, 0.717) is 5.41 Å². The molecule has 3 heteroatoms. The number of pyridine rings is 1. The highest BCUT2D eigenvalue weighted by molar-refractivity contribution is 5.33. The molecule has 1 aliphatic rings. The number of nitrogens with zero attached hydrogens (tertiary/aromatic N) is 1. The number of hydrogen-bond donors (Lipinski definition) is 2. The van der Waals surface area contributed by atoms with E-state index in [9.17, 15) is 0 Å². The molecule has 1 aromatic heterocycles. The first-order chi connectivity index (χ1) is 7.29. The maximum atomic E-state index is 4.26. The average Bonchev–Trinajstić information content (AvgIpc) is 2.29. The number of rotatable bonds is 3. The van der Waals surface area contributed by atoms with Crippen LogP contribution in [0.1, 0.15) is 19.8 Å². The summed E-state index contributed by atoms with van der Waals surface area (Å²) in [4.78, 5) is 4.26. The largest absolute Gasteiger partial charge is 0.369 e. The summed E-state index contributed by atoms with van der Waals surface area (Å²) in [6, 6.07) is 5.96. The van der Waals surface area contributed by atoms with Gasteiger partial charge in [-0.15, -0.1) is 0 Å². The van der Waals surface area contributed by atoms with E-state index in [0.717, 1.165) is 18.9 Å². The molecule has 0 aromatic carbocycles. The van der Waals surface area contributed by atoms with Crippen LogP contribution in [0.25, 0.3) is 0 Å². The maximum absolute atomic E-state index is 4.26. The maximum Gasteiger partial charge on any atom is 0.125 e. The van der Waals surface area contributed by atoms with Crippen LogP contribution in [0.2, 0.25) is 0 Å². The van der Waals surface area contributed by atoms with Crippen LogP contribution >= 0.6 is 0 Å². The molecule has 0 bridgehead atoms. The highest BCUT2D eigenvalue weighted by atomic mass is 15.0. The lowest BCUT2D eigenvalue weighted by Gasteiger charge is -2.34. The Bertz CT molecular complexity index is 291. The Kier molecular flexibility index (Phi) is 3.21. The Morgan fingerprint density at radius 2 is 2.47 bits per heavy atom. The average molecular weight is 205 g/mol. The van der Waals surface area contributed by atoms with Gasteiger partial charge in [-0.1, -0.05) is 13.0 Å². The highest BCUT2D eigenvalue weighted by Crippen LogP contribution is 2.25. The molecular formula is C12H19N3. The third kappa shape index (κ3) is 2.93. The van der Waals surface area contributed by atoms with Crippen molar-refractivity contribution in [2.24, 2.45) is 5.41 Å². The topological polar surface area (TPSA) is 37.0 Å². The fraction of sp³-hybridized carbons (Fsp3) is 0.583. The summed E-state index contributed by atoms with van der Waals surface area (Å²) in [6.07, 6.45) is 4.39. The lowest BCUT2D eigenvalue weighted by Crippen LogP contribution is -2.42. The molecule has 1 saturated heterocycles. The number of anilines is 1. The summed E-state index contributed by atoms with van der Waals surface area (Å²) in [7, 11) is 0. The molecule has 1 unspecified atom stereocenters. The fourth-order valence-corrected chi connectivity index (χ4v) is 2.04. The monoisotopic (exact) mass is 205 g/mol. The summed E-state index contributed by atoms with van der Waals surface area (Å²) < 4.78 is 0. The van der Waals surface area contributed by atoms with Crippen molar-refractivity contribution in [3.63, 3.8) is 0 Å². The summed E-state index contributed by atoms with van der Waals surface area (Å²) >= 11 is 0. The summed E-state index contributed by atoms with van der Waals surface area (Å²) in [5.74, 6) is 0.976. The molecule has 2 rings (SSSR count). The van der Waals surface area contributed by atoms with Crippen LogP contribution in [0, 0.1) is 5.41 Å². The van der Waals surface area contributed by atoms with Gasteiger partial charge in [-0.2, -0.15) is 0 Å². The molecule has 0 spiro atoms. The Balaban J connectivity index is 1.87. The van der Waals surface area contributed by atoms with Gasteiger partial charge in [0.1, 0.15) is 5.82 Å². The number of nitrogens with one attached hydrogen (secondary N) is 2. The van der Waals surface area contributed by atoms with E-state index in [1.165, 1.54) is 19.4 Å². The second-order valence-electron chi connectivity index (χ2n) is 4.66. The molecular weight excluding hydrogens is 186 g/mol. The first kappa shape index (κ1) is 10.4. The van der Waals surface area contributed by atoms with Gasteiger partial charge < -0.3 is 10.6 Å². The minimum atomic E-state index is 0.371. The predicted octanol–water partition coefficient (Wildman–Crippen LogP) is 1.88. The van der Waals surface area contributed by atoms with Crippen molar-refractivity contribution < 1.29 is 0 Å². The lowest BCUT2D eigenvalue weighted by atomic mass is 9.83. The van der Waals surface area contributed by atoms with E-state index < -0.39 is 0 Å². The molecule has 82 valence electrons. The third-order valence-electron chi connectivity index (χ3n) is 3.05. The number of aromatic nitrogens is 1. The van der Waals surface area contributed by atoms with E-state index in [1.54, 1.807) is 0 Å². The molecule has 1 atom stereocenters. The van der Waals surface area contributed by atoms with Gasteiger partial charge in [0.25, 0.3) is 0 Å². The van der Waals surface area contributed by atoms with E-state index in [2.05, 4.69) is 22.5 Å². The van der Waals surface area contributed by atoms with E-state index >= 15 is 0 Å². The Morgan fingerprint density at radius 3 is 3.13 bits per heavy atom. The molecule has 1 aromatic rings. The molecule has 1 fully saturated rings. The van der Waals surface area contributed by atoms with Crippen LogP contribution in [0.5, 0.6) is 0 Å². The number of hydrogen-bond acceptors (Lipinski definition) is 3. The fourth-order valence-electron chi connectivity index (χ4n) is 2.04. The zero-order chi connectivity index (χ0) is 10.6. The van der Waals surface area contributed by atoms with Gasteiger partial charge in [-0.3, -0.25) is 0 Å². The van der Waals surface area contributed by atoms with Crippen LogP contribution in [0.4, 0.5) is 5.82 Å². The third-order valence-corrected chi connectivity index (χ3v) is 3.05. The first-order valence-electron chi connectivity index (χ1n) is 5.64. The molecule has 0 radical (unpaired) electrons. The standard InChI is InChI=1S/C12H19N3/c1-12(6-4-7-13-9-12)10-15-11-5-2-3-8-14-11/h2-3,5,8,13H,4,6-7,9-10H2,1H3,(H,14,15). The zero-order valence-electron chi connectivity index (χ0n) is 9.29. The van der Waals surface area contributed by atoms with Crippen molar-refractivity contribution in [2.45, 2.75) is 19.8 Å².